The van der Waals surface area contributed by atoms with Gasteiger partial charge in [0.05, 0.1) is 19.2 Å². The number of carbonyl (C=O) groups is 1. The maximum absolute atomic E-state index is 11.7. The van der Waals surface area contributed by atoms with E-state index < -0.39 is 5.97 Å². The molecule has 0 amide bonds. The molecule has 1 aromatic carbocycles. The van der Waals surface area contributed by atoms with E-state index in [0.717, 1.165) is 17.8 Å². The number of esters is 1. The number of nitrogens with two attached hydrogens (primary N) is 1. The minimum atomic E-state index is -0.429. The molecule has 1 aromatic heterocycles. The van der Waals surface area contributed by atoms with Crippen LogP contribution in [0.2, 0.25) is 0 Å². The SMILES string of the molecule is COC(=O)c1cc(NCCn2cccn2)cc(C)c1N. The molecule has 0 saturated carbocycles. The number of nitrogen functional groups attached to an aromatic ring is 1. The van der Waals surface area contributed by atoms with Gasteiger partial charge in [-0.15, -0.1) is 0 Å². The van der Waals surface area contributed by atoms with Crippen LogP contribution < -0.4 is 11.1 Å². The first-order valence-corrected chi connectivity index (χ1v) is 6.31. The van der Waals surface area contributed by atoms with E-state index in [-0.39, 0.29) is 0 Å². The second-order valence-electron chi connectivity index (χ2n) is 4.44. The van der Waals surface area contributed by atoms with Gasteiger partial charge in [0.1, 0.15) is 0 Å². The summed E-state index contributed by atoms with van der Waals surface area (Å²) in [4.78, 5) is 11.7. The zero-order valence-corrected chi connectivity index (χ0v) is 11.6. The smallest absolute Gasteiger partial charge is 0.340 e. The van der Waals surface area contributed by atoms with E-state index in [1.54, 1.807) is 12.3 Å². The van der Waals surface area contributed by atoms with Crippen LogP contribution >= 0.6 is 0 Å². The molecular formula is C14H18N4O2. The molecule has 0 saturated heterocycles. The predicted octanol–water partition coefficient (Wildman–Crippen LogP) is 1.67. The molecule has 3 N–H and O–H groups in total. The average molecular weight is 274 g/mol. The summed E-state index contributed by atoms with van der Waals surface area (Å²) in [5, 5.41) is 7.37. The Morgan fingerprint density at radius 1 is 1.50 bits per heavy atom. The molecule has 0 unspecified atom stereocenters. The molecule has 0 aliphatic carbocycles. The van der Waals surface area contributed by atoms with Gasteiger partial charge in [-0.3, -0.25) is 4.68 Å². The summed E-state index contributed by atoms with van der Waals surface area (Å²) >= 11 is 0. The van der Waals surface area contributed by atoms with Crippen molar-refractivity contribution in [3.8, 4) is 0 Å². The van der Waals surface area contributed by atoms with Crippen molar-refractivity contribution in [3.63, 3.8) is 0 Å². The molecule has 0 bridgehead atoms. The Hall–Kier alpha value is -2.50. The molecule has 0 aliphatic rings. The number of rotatable bonds is 5. The minimum absolute atomic E-state index is 0.383. The highest BCUT2D eigenvalue weighted by molar-refractivity contribution is 5.97. The number of anilines is 2. The number of benzene rings is 1. The van der Waals surface area contributed by atoms with Gasteiger partial charge in [0.25, 0.3) is 0 Å². The summed E-state index contributed by atoms with van der Waals surface area (Å²) in [6.45, 7) is 3.30. The van der Waals surface area contributed by atoms with Crippen molar-refractivity contribution in [2.45, 2.75) is 13.5 Å². The van der Waals surface area contributed by atoms with E-state index in [0.29, 0.717) is 17.8 Å². The lowest BCUT2D eigenvalue weighted by Crippen LogP contribution is -2.13. The zero-order chi connectivity index (χ0) is 14.5. The molecule has 2 aromatic rings. The van der Waals surface area contributed by atoms with Gasteiger partial charge in [0.15, 0.2) is 0 Å². The Kier molecular flexibility index (Phi) is 4.24. The fourth-order valence-electron chi connectivity index (χ4n) is 1.93. The van der Waals surface area contributed by atoms with Crippen LogP contribution in [-0.4, -0.2) is 29.4 Å². The van der Waals surface area contributed by atoms with Crippen LogP contribution in [-0.2, 0) is 11.3 Å². The van der Waals surface area contributed by atoms with Crippen LogP contribution in [0.5, 0.6) is 0 Å². The molecule has 0 fully saturated rings. The number of nitrogens with one attached hydrogen (secondary N) is 1. The van der Waals surface area contributed by atoms with Crippen molar-refractivity contribution in [3.05, 3.63) is 41.7 Å². The van der Waals surface area contributed by atoms with Gasteiger partial charge < -0.3 is 15.8 Å². The van der Waals surface area contributed by atoms with Crippen LogP contribution in [0.3, 0.4) is 0 Å². The molecule has 1 heterocycles. The average Bonchev–Trinajstić information content (AvgIpc) is 2.95. The molecule has 0 atom stereocenters. The van der Waals surface area contributed by atoms with Gasteiger partial charge in [-0.2, -0.15) is 5.10 Å². The normalized spacial score (nSPS) is 10.3. The summed E-state index contributed by atoms with van der Waals surface area (Å²) in [5.41, 5.74) is 8.41. The van der Waals surface area contributed by atoms with E-state index in [1.807, 2.05) is 29.9 Å². The Bertz CT molecular complexity index is 593. The Balaban J connectivity index is 2.08. The van der Waals surface area contributed by atoms with E-state index in [4.69, 9.17) is 10.5 Å². The van der Waals surface area contributed by atoms with Gasteiger partial charge in [0.2, 0.25) is 0 Å². The third kappa shape index (κ3) is 3.09. The predicted molar refractivity (Wildman–Crippen MR) is 77.6 cm³/mol. The number of ether oxygens (including phenoxy) is 1. The van der Waals surface area contributed by atoms with Crippen LogP contribution in [0, 0.1) is 6.92 Å². The first kappa shape index (κ1) is 13.9. The maximum Gasteiger partial charge on any atom is 0.340 e. The number of aryl methyl sites for hydroxylation is 1. The van der Waals surface area contributed by atoms with Crippen molar-refractivity contribution < 1.29 is 9.53 Å². The van der Waals surface area contributed by atoms with Crippen molar-refractivity contribution in [2.75, 3.05) is 24.7 Å². The van der Waals surface area contributed by atoms with E-state index in [9.17, 15) is 4.79 Å². The van der Waals surface area contributed by atoms with Crippen LogP contribution in [0.4, 0.5) is 11.4 Å². The second kappa shape index (κ2) is 6.10. The molecule has 106 valence electrons. The zero-order valence-electron chi connectivity index (χ0n) is 11.6. The number of methoxy groups -OCH3 is 1. The quantitative estimate of drug-likeness (QED) is 0.640. The summed E-state index contributed by atoms with van der Waals surface area (Å²) in [5.74, 6) is -0.429. The Morgan fingerprint density at radius 3 is 2.95 bits per heavy atom. The molecule has 0 spiro atoms. The first-order chi connectivity index (χ1) is 9.61. The van der Waals surface area contributed by atoms with Crippen molar-refractivity contribution in [1.29, 1.82) is 0 Å². The lowest BCUT2D eigenvalue weighted by Gasteiger charge is -2.12. The lowest BCUT2D eigenvalue weighted by atomic mass is 10.1. The van der Waals surface area contributed by atoms with Crippen LogP contribution in [0.1, 0.15) is 15.9 Å². The number of hydrogen-bond donors (Lipinski definition) is 2. The summed E-state index contributed by atoms with van der Waals surface area (Å²) < 4.78 is 6.56. The summed E-state index contributed by atoms with van der Waals surface area (Å²) in [6, 6.07) is 5.49. The fourth-order valence-corrected chi connectivity index (χ4v) is 1.93. The monoisotopic (exact) mass is 274 g/mol. The molecule has 6 nitrogen and oxygen atoms in total. The van der Waals surface area contributed by atoms with Crippen molar-refractivity contribution in [1.82, 2.24) is 9.78 Å². The van der Waals surface area contributed by atoms with Crippen molar-refractivity contribution >= 4 is 17.3 Å². The third-order valence-electron chi connectivity index (χ3n) is 3.02. The van der Waals surface area contributed by atoms with Gasteiger partial charge >= 0.3 is 5.97 Å². The number of hydrogen-bond acceptors (Lipinski definition) is 5. The van der Waals surface area contributed by atoms with Crippen LogP contribution in [0.25, 0.3) is 0 Å². The molecular weight excluding hydrogens is 256 g/mol. The van der Waals surface area contributed by atoms with E-state index in [2.05, 4.69) is 10.4 Å². The molecule has 20 heavy (non-hydrogen) atoms. The van der Waals surface area contributed by atoms with Gasteiger partial charge in [-0.25, -0.2) is 4.79 Å². The second-order valence-corrected chi connectivity index (χ2v) is 4.44. The van der Waals surface area contributed by atoms with Gasteiger partial charge in [-0.05, 0) is 30.7 Å². The number of nitrogens with zero attached hydrogens (tertiary/aromatic N) is 2. The molecule has 6 heteroatoms. The minimum Gasteiger partial charge on any atom is -0.465 e. The largest absolute Gasteiger partial charge is 0.465 e. The fraction of sp³-hybridized carbons (Fsp3) is 0.286. The third-order valence-corrected chi connectivity index (χ3v) is 3.02. The first-order valence-electron chi connectivity index (χ1n) is 6.31. The number of aromatic nitrogens is 2. The molecule has 0 aliphatic heterocycles. The standard InChI is InChI=1S/C14H18N4O2/c1-10-8-11(9-12(13(10)15)14(19)20-2)16-5-7-18-6-3-4-17-18/h3-4,6,8-9,16H,5,7,15H2,1-2H3. The maximum atomic E-state index is 11.7. The van der Waals surface area contributed by atoms with Crippen LogP contribution in [0.15, 0.2) is 30.6 Å². The van der Waals surface area contributed by atoms with E-state index in [1.165, 1.54) is 7.11 Å². The number of carbonyl (C=O) groups excluding carboxylic acids is 1. The van der Waals surface area contributed by atoms with Crippen molar-refractivity contribution in [2.24, 2.45) is 0 Å². The summed E-state index contributed by atoms with van der Waals surface area (Å²) in [7, 11) is 1.34. The topological polar surface area (TPSA) is 82.2 Å². The summed E-state index contributed by atoms with van der Waals surface area (Å²) in [6.07, 6.45) is 3.64. The van der Waals surface area contributed by atoms with E-state index >= 15 is 0 Å². The highest BCUT2D eigenvalue weighted by Gasteiger charge is 2.13. The Labute approximate surface area is 117 Å². The lowest BCUT2D eigenvalue weighted by molar-refractivity contribution is 0.0602. The highest BCUT2D eigenvalue weighted by atomic mass is 16.5. The highest BCUT2D eigenvalue weighted by Crippen LogP contribution is 2.23. The molecule has 0 radical (unpaired) electrons. The van der Waals surface area contributed by atoms with Gasteiger partial charge in [-0.1, -0.05) is 0 Å². The molecule has 2 rings (SSSR count). The van der Waals surface area contributed by atoms with Gasteiger partial charge in [0, 0.05) is 30.3 Å². The Morgan fingerprint density at radius 2 is 2.30 bits per heavy atom.